The van der Waals surface area contributed by atoms with Gasteiger partial charge >= 0.3 is 0 Å². The Balaban J connectivity index is 1.54. The molecule has 108 valence electrons. The normalized spacial score (nSPS) is 24.9. The predicted molar refractivity (Wildman–Crippen MR) is 80.4 cm³/mol. The van der Waals surface area contributed by atoms with Gasteiger partial charge in [0.1, 0.15) is 0 Å². The molecule has 0 spiro atoms. The molecule has 2 unspecified atom stereocenters. The molecule has 0 aromatic heterocycles. The van der Waals surface area contributed by atoms with Crippen molar-refractivity contribution in [1.82, 2.24) is 5.32 Å². The summed E-state index contributed by atoms with van der Waals surface area (Å²) in [6.07, 6.45) is 8.60. The molecule has 20 heavy (non-hydrogen) atoms. The highest BCUT2D eigenvalue weighted by atomic mass is 16.5. The third kappa shape index (κ3) is 3.15. The van der Waals surface area contributed by atoms with Crippen molar-refractivity contribution >= 4 is 0 Å². The molecule has 3 nitrogen and oxygen atoms in total. The van der Waals surface area contributed by atoms with E-state index in [0.717, 1.165) is 24.5 Å². The van der Waals surface area contributed by atoms with Crippen molar-refractivity contribution in [2.24, 2.45) is 0 Å². The number of methoxy groups -OCH3 is 1. The molecule has 1 saturated heterocycles. The summed E-state index contributed by atoms with van der Waals surface area (Å²) in [6, 6.07) is 9.13. The van der Waals surface area contributed by atoms with Gasteiger partial charge in [-0.25, -0.2) is 0 Å². The first-order chi connectivity index (χ1) is 9.85. The van der Waals surface area contributed by atoms with Crippen molar-refractivity contribution < 1.29 is 9.47 Å². The Morgan fingerprint density at radius 1 is 1.20 bits per heavy atom. The van der Waals surface area contributed by atoms with Crippen LogP contribution in [0.15, 0.2) is 35.9 Å². The molecule has 1 aromatic carbocycles. The van der Waals surface area contributed by atoms with Crippen molar-refractivity contribution in [1.29, 1.82) is 0 Å². The number of benzene rings is 1. The van der Waals surface area contributed by atoms with Gasteiger partial charge in [0, 0.05) is 18.5 Å². The van der Waals surface area contributed by atoms with E-state index in [1.54, 1.807) is 12.7 Å². The van der Waals surface area contributed by atoms with Gasteiger partial charge in [0.15, 0.2) is 11.5 Å². The number of hydrogen-bond acceptors (Lipinski definition) is 3. The van der Waals surface area contributed by atoms with E-state index in [9.17, 15) is 0 Å². The summed E-state index contributed by atoms with van der Waals surface area (Å²) < 4.78 is 11.2. The Kier molecular flexibility index (Phi) is 4.26. The number of rotatable bonds is 5. The summed E-state index contributed by atoms with van der Waals surface area (Å²) >= 11 is 0. The van der Waals surface area contributed by atoms with E-state index in [1.165, 1.54) is 25.7 Å². The van der Waals surface area contributed by atoms with Crippen LogP contribution in [-0.2, 0) is 0 Å². The van der Waals surface area contributed by atoms with Crippen molar-refractivity contribution in [3.8, 4) is 11.5 Å². The number of para-hydroxylation sites is 2. The van der Waals surface area contributed by atoms with Crippen LogP contribution in [0.5, 0.6) is 11.5 Å². The number of nitrogens with one attached hydrogen (secondary N) is 1. The standard InChI is InChI=1S/C17H23NO2/c1-19-16-7-2-3-8-17(16)20-10-9-13-11-14-5-4-6-15(12-13)18-14/h2-3,7-8,11,14-15,18H,4-6,9-10,12H2,1H3. The number of fused-ring (bicyclic) bond motifs is 2. The lowest BCUT2D eigenvalue weighted by Gasteiger charge is -2.35. The number of piperidine rings is 1. The van der Waals surface area contributed by atoms with Crippen LogP contribution < -0.4 is 14.8 Å². The Labute approximate surface area is 121 Å². The minimum Gasteiger partial charge on any atom is -0.493 e. The second-order valence-electron chi connectivity index (χ2n) is 5.68. The highest BCUT2D eigenvalue weighted by Gasteiger charge is 2.24. The quantitative estimate of drug-likeness (QED) is 0.835. The predicted octanol–water partition coefficient (Wildman–Crippen LogP) is 3.30. The van der Waals surface area contributed by atoms with Crippen LogP contribution in [0.2, 0.25) is 0 Å². The van der Waals surface area contributed by atoms with Crippen molar-refractivity contribution in [2.75, 3.05) is 13.7 Å². The van der Waals surface area contributed by atoms with Crippen LogP contribution >= 0.6 is 0 Å². The maximum Gasteiger partial charge on any atom is 0.161 e. The zero-order valence-corrected chi connectivity index (χ0v) is 12.1. The molecule has 0 saturated carbocycles. The van der Waals surface area contributed by atoms with E-state index in [4.69, 9.17) is 9.47 Å². The molecule has 1 N–H and O–H groups in total. The third-order valence-electron chi connectivity index (χ3n) is 4.21. The highest BCUT2D eigenvalue weighted by Crippen LogP contribution is 2.28. The molecule has 1 aromatic rings. The number of hydrogen-bond donors (Lipinski definition) is 1. The van der Waals surface area contributed by atoms with Gasteiger partial charge in [0.05, 0.1) is 13.7 Å². The SMILES string of the molecule is COc1ccccc1OCCC1=CC2CCCC(C1)N2. The fraction of sp³-hybridized carbons (Fsp3) is 0.529. The zero-order chi connectivity index (χ0) is 13.8. The molecule has 0 amide bonds. The monoisotopic (exact) mass is 273 g/mol. The van der Waals surface area contributed by atoms with E-state index in [-0.39, 0.29) is 0 Å². The van der Waals surface area contributed by atoms with Crippen LogP contribution in [0, 0.1) is 0 Å². The Morgan fingerprint density at radius 2 is 2.05 bits per heavy atom. The fourth-order valence-corrected chi connectivity index (χ4v) is 3.23. The molecule has 0 aliphatic carbocycles. The van der Waals surface area contributed by atoms with E-state index < -0.39 is 0 Å². The topological polar surface area (TPSA) is 30.5 Å². The van der Waals surface area contributed by atoms with Gasteiger partial charge in [-0.15, -0.1) is 0 Å². The Morgan fingerprint density at radius 3 is 2.85 bits per heavy atom. The van der Waals surface area contributed by atoms with Crippen LogP contribution in [0.25, 0.3) is 0 Å². The van der Waals surface area contributed by atoms with Crippen LogP contribution in [0.4, 0.5) is 0 Å². The summed E-state index contributed by atoms with van der Waals surface area (Å²) in [6.45, 7) is 0.728. The van der Waals surface area contributed by atoms with Gasteiger partial charge in [0.2, 0.25) is 0 Å². The minimum absolute atomic E-state index is 0.601. The molecule has 2 bridgehead atoms. The van der Waals surface area contributed by atoms with Gasteiger partial charge < -0.3 is 14.8 Å². The highest BCUT2D eigenvalue weighted by molar-refractivity contribution is 5.39. The lowest BCUT2D eigenvalue weighted by atomic mass is 9.86. The lowest BCUT2D eigenvalue weighted by Crippen LogP contribution is -2.44. The van der Waals surface area contributed by atoms with Gasteiger partial charge in [-0.1, -0.05) is 30.2 Å². The molecule has 2 aliphatic rings. The van der Waals surface area contributed by atoms with Crippen LogP contribution in [0.1, 0.15) is 32.1 Å². The maximum absolute atomic E-state index is 5.87. The van der Waals surface area contributed by atoms with Gasteiger partial charge in [-0.2, -0.15) is 0 Å². The fourth-order valence-electron chi connectivity index (χ4n) is 3.23. The first kappa shape index (κ1) is 13.5. The van der Waals surface area contributed by atoms with E-state index in [1.807, 2.05) is 24.3 Å². The molecule has 2 heterocycles. The van der Waals surface area contributed by atoms with E-state index >= 15 is 0 Å². The van der Waals surface area contributed by atoms with Crippen LogP contribution in [-0.4, -0.2) is 25.8 Å². The molecule has 2 aliphatic heterocycles. The van der Waals surface area contributed by atoms with Gasteiger partial charge in [-0.05, 0) is 31.4 Å². The lowest BCUT2D eigenvalue weighted by molar-refractivity contribution is 0.286. The molecule has 2 atom stereocenters. The third-order valence-corrected chi connectivity index (χ3v) is 4.21. The number of ether oxygens (including phenoxy) is 2. The Hall–Kier alpha value is -1.48. The second-order valence-corrected chi connectivity index (χ2v) is 5.68. The first-order valence-electron chi connectivity index (χ1n) is 7.56. The first-order valence-corrected chi connectivity index (χ1v) is 7.56. The molecule has 0 radical (unpaired) electrons. The Bertz CT molecular complexity index is 484. The molecule has 1 fully saturated rings. The van der Waals surface area contributed by atoms with E-state index in [2.05, 4.69) is 11.4 Å². The van der Waals surface area contributed by atoms with Crippen molar-refractivity contribution in [3.63, 3.8) is 0 Å². The molecule has 3 heteroatoms. The van der Waals surface area contributed by atoms with Crippen molar-refractivity contribution in [2.45, 2.75) is 44.2 Å². The summed E-state index contributed by atoms with van der Waals surface area (Å²) in [5.74, 6) is 1.65. The van der Waals surface area contributed by atoms with Gasteiger partial charge in [-0.3, -0.25) is 0 Å². The smallest absolute Gasteiger partial charge is 0.161 e. The average molecular weight is 273 g/mol. The summed E-state index contributed by atoms with van der Waals surface area (Å²) in [5.41, 5.74) is 1.55. The summed E-state index contributed by atoms with van der Waals surface area (Å²) in [4.78, 5) is 0. The van der Waals surface area contributed by atoms with Crippen molar-refractivity contribution in [3.05, 3.63) is 35.9 Å². The summed E-state index contributed by atoms with van der Waals surface area (Å²) in [7, 11) is 1.68. The molecule has 3 rings (SSSR count). The molecular formula is C17H23NO2. The van der Waals surface area contributed by atoms with E-state index in [0.29, 0.717) is 12.1 Å². The minimum atomic E-state index is 0.601. The van der Waals surface area contributed by atoms with Crippen LogP contribution in [0.3, 0.4) is 0 Å². The maximum atomic E-state index is 5.87. The second kappa shape index (κ2) is 6.31. The average Bonchev–Trinajstić information content (AvgIpc) is 2.47. The zero-order valence-electron chi connectivity index (χ0n) is 12.1. The molecular weight excluding hydrogens is 250 g/mol. The summed E-state index contributed by atoms with van der Waals surface area (Å²) in [5, 5.41) is 3.67. The van der Waals surface area contributed by atoms with Gasteiger partial charge in [0.25, 0.3) is 0 Å². The largest absolute Gasteiger partial charge is 0.493 e.